The van der Waals surface area contributed by atoms with Crippen LogP contribution in [0.5, 0.6) is 0 Å². The molecular formula is C16H22N2O. The summed E-state index contributed by atoms with van der Waals surface area (Å²) in [4.78, 5) is 14.2. The number of nitrogens with zero attached hydrogens (tertiary/aromatic N) is 1. The van der Waals surface area contributed by atoms with Crippen LogP contribution in [0.25, 0.3) is 6.08 Å². The number of likely N-dealkylation sites (tertiary alicyclic amines) is 1. The number of benzene rings is 1. The van der Waals surface area contributed by atoms with E-state index in [-0.39, 0.29) is 5.91 Å². The molecule has 1 amide bonds. The summed E-state index contributed by atoms with van der Waals surface area (Å²) in [5, 5.41) is 3.16. The Morgan fingerprint density at radius 2 is 2.16 bits per heavy atom. The van der Waals surface area contributed by atoms with Gasteiger partial charge >= 0.3 is 0 Å². The van der Waals surface area contributed by atoms with Gasteiger partial charge in [0.15, 0.2) is 0 Å². The summed E-state index contributed by atoms with van der Waals surface area (Å²) in [5.41, 5.74) is 2.31. The summed E-state index contributed by atoms with van der Waals surface area (Å²) >= 11 is 0. The van der Waals surface area contributed by atoms with Crippen molar-refractivity contribution in [2.75, 3.05) is 20.1 Å². The third kappa shape index (κ3) is 3.67. The highest BCUT2D eigenvalue weighted by Crippen LogP contribution is 2.17. The third-order valence-corrected chi connectivity index (χ3v) is 3.60. The van der Waals surface area contributed by atoms with Gasteiger partial charge in [0, 0.05) is 25.2 Å². The number of likely N-dealkylation sites (N-methyl/N-ethyl adjacent to an activating group) is 1. The Hall–Kier alpha value is -1.61. The second kappa shape index (κ2) is 6.53. The van der Waals surface area contributed by atoms with Gasteiger partial charge < -0.3 is 10.2 Å². The minimum absolute atomic E-state index is 0.123. The molecule has 1 aromatic carbocycles. The van der Waals surface area contributed by atoms with Gasteiger partial charge in [-0.2, -0.15) is 0 Å². The molecule has 1 fully saturated rings. The standard InChI is InChI=1S/C16H22N2O/c1-13-5-7-14(8-6-13)9-10-16(19)18-11-3-4-15(18)12-17-2/h5-10,15,17H,3-4,11-12H2,1-2H3/b10-9+. The fourth-order valence-corrected chi connectivity index (χ4v) is 2.51. The van der Waals surface area contributed by atoms with Crippen LogP contribution in [0.3, 0.4) is 0 Å². The van der Waals surface area contributed by atoms with Crippen LogP contribution < -0.4 is 5.32 Å². The second-order valence-electron chi connectivity index (χ2n) is 5.13. The molecule has 0 radical (unpaired) electrons. The molecule has 1 unspecified atom stereocenters. The number of carbonyl (C=O) groups excluding carboxylic acids is 1. The third-order valence-electron chi connectivity index (χ3n) is 3.60. The fraction of sp³-hybridized carbons (Fsp3) is 0.438. The van der Waals surface area contributed by atoms with Crippen molar-refractivity contribution in [3.63, 3.8) is 0 Å². The van der Waals surface area contributed by atoms with Crippen molar-refractivity contribution in [3.05, 3.63) is 41.5 Å². The molecule has 2 rings (SSSR count). The average Bonchev–Trinajstić information content (AvgIpc) is 2.86. The molecular weight excluding hydrogens is 236 g/mol. The molecule has 0 bridgehead atoms. The first kappa shape index (κ1) is 13.8. The zero-order valence-corrected chi connectivity index (χ0v) is 11.7. The van der Waals surface area contributed by atoms with Gasteiger partial charge in [-0.1, -0.05) is 29.8 Å². The highest BCUT2D eigenvalue weighted by atomic mass is 16.2. The monoisotopic (exact) mass is 258 g/mol. The summed E-state index contributed by atoms with van der Waals surface area (Å²) < 4.78 is 0. The van der Waals surface area contributed by atoms with Crippen LogP contribution in [0.15, 0.2) is 30.3 Å². The highest BCUT2D eigenvalue weighted by Gasteiger charge is 2.26. The molecule has 3 nitrogen and oxygen atoms in total. The minimum atomic E-state index is 0.123. The van der Waals surface area contributed by atoms with Crippen molar-refractivity contribution >= 4 is 12.0 Å². The molecule has 19 heavy (non-hydrogen) atoms. The van der Waals surface area contributed by atoms with Crippen LogP contribution in [0, 0.1) is 6.92 Å². The molecule has 0 spiro atoms. The largest absolute Gasteiger partial charge is 0.335 e. The highest BCUT2D eigenvalue weighted by molar-refractivity contribution is 5.92. The van der Waals surface area contributed by atoms with Gasteiger partial charge in [-0.25, -0.2) is 0 Å². The van der Waals surface area contributed by atoms with Gasteiger partial charge in [0.25, 0.3) is 0 Å². The van der Waals surface area contributed by atoms with Crippen molar-refractivity contribution in [2.24, 2.45) is 0 Å². The Balaban J connectivity index is 1.98. The van der Waals surface area contributed by atoms with Gasteiger partial charge in [-0.3, -0.25) is 4.79 Å². The van der Waals surface area contributed by atoms with Gasteiger partial charge in [-0.15, -0.1) is 0 Å². The molecule has 0 aliphatic carbocycles. The molecule has 3 heteroatoms. The first-order valence-electron chi connectivity index (χ1n) is 6.90. The number of carbonyl (C=O) groups is 1. The van der Waals surface area contributed by atoms with E-state index in [0.717, 1.165) is 31.5 Å². The lowest BCUT2D eigenvalue weighted by molar-refractivity contribution is -0.126. The number of rotatable bonds is 4. The summed E-state index contributed by atoms with van der Waals surface area (Å²) in [6, 6.07) is 8.54. The lowest BCUT2D eigenvalue weighted by Gasteiger charge is -2.23. The predicted molar refractivity (Wildman–Crippen MR) is 78.9 cm³/mol. The molecule has 1 aliphatic rings. The number of hydrogen-bond donors (Lipinski definition) is 1. The molecule has 1 aromatic rings. The molecule has 0 saturated carbocycles. The maximum atomic E-state index is 12.2. The molecule has 102 valence electrons. The van der Waals surface area contributed by atoms with Crippen LogP contribution in [0.1, 0.15) is 24.0 Å². The Bertz CT molecular complexity index is 450. The Morgan fingerprint density at radius 3 is 2.84 bits per heavy atom. The number of hydrogen-bond acceptors (Lipinski definition) is 2. The van der Waals surface area contributed by atoms with E-state index in [1.54, 1.807) is 6.08 Å². The van der Waals surface area contributed by atoms with Crippen LogP contribution in [0.4, 0.5) is 0 Å². The Morgan fingerprint density at radius 1 is 1.42 bits per heavy atom. The van der Waals surface area contributed by atoms with E-state index >= 15 is 0 Å². The quantitative estimate of drug-likeness (QED) is 0.840. The number of aryl methyl sites for hydroxylation is 1. The smallest absolute Gasteiger partial charge is 0.246 e. The second-order valence-corrected chi connectivity index (χ2v) is 5.13. The van der Waals surface area contributed by atoms with E-state index in [1.165, 1.54) is 5.56 Å². The van der Waals surface area contributed by atoms with Gasteiger partial charge in [0.2, 0.25) is 5.91 Å². The van der Waals surface area contributed by atoms with E-state index in [1.807, 2.05) is 30.2 Å². The zero-order valence-electron chi connectivity index (χ0n) is 11.7. The van der Waals surface area contributed by atoms with Crippen molar-refractivity contribution < 1.29 is 4.79 Å². The molecule has 0 aromatic heterocycles. The first-order chi connectivity index (χ1) is 9.20. The zero-order chi connectivity index (χ0) is 13.7. The number of amides is 1. The van der Waals surface area contributed by atoms with Gasteiger partial charge in [-0.05, 0) is 38.5 Å². The molecule has 1 aliphatic heterocycles. The van der Waals surface area contributed by atoms with Crippen LogP contribution in [-0.4, -0.2) is 37.0 Å². The van der Waals surface area contributed by atoms with E-state index in [4.69, 9.17) is 0 Å². The average molecular weight is 258 g/mol. The van der Waals surface area contributed by atoms with E-state index in [0.29, 0.717) is 6.04 Å². The maximum Gasteiger partial charge on any atom is 0.246 e. The van der Waals surface area contributed by atoms with Crippen LogP contribution in [-0.2, 0) is 4.79 Å². The van der Waals surface area contributed by atoms with Crippen molar-refractivity contribution in [1.82, 2.24) is 10.2 Å². The SMILES string of the molecule is CNCC1CCCN1C(=O)/C=C/c1ccc(C)cc1. The van der Waals surface area contributed by atoms with E-state index in [9.17, 15) is 4.79 Å². The molecule has 1 saturated heterocycles. The Labute approximate surface area is 115 Å². The summed E-state index contributed by atoms with van der Waals surface area (Å²) in [5.74, 6) is 0.123. The van der Waals surface area contributed by atoms with Crippen molar-refractivity contribution in [1.29, 1.82) is 0 Å². The maximum absolute atomic E-state index is 12.2. The summed E-state index contributed by atoms with van der Waals surface area (Å²) in [6.07, 6.45) is 5.80. The molecule has 1 heterocycles. The Kier molecular flexibility index (Phi) is 4.74. The number of nitrogens with one attached hydrogen (secondary N) is 1. The predicted octanol–water partition coefficient (Wildman–Crippen LogP) is 2.22. The van der Waals surface area contributed by atoms with Crippen molar-refractivity contribution in [2.45, 2.75) is 25.8 Å². The van der Waals surface area contributed by atoms with Crippen molar-refractivity contribution in [3.8, 4) is 0 Å². The van der Waals surface area contributed by atoms with E-state index in [2.05, 4.69) is 24.4 Å². The van der Waals surface area contributed by atoms with Crippen LogP contribution in [0.2, 0.25) is 0 Å². The fourth-order valence-electron chi connectivity index (χ4n) is 2.51. The summed E-state index contributed by atoms with van der Waals surface area (Å²) in [7, 11) is 1.93. The summed E-state index contributed by atoms with van der Waals surface area (Å²) in [6.45, 7) is 3.82. The van der Waals surface area contributed by atoms with Crippen LogP contribution >= 0.6 is 0 Å². The molecule has 1 N–H and O–H groups in total. The lowest BCUT2D eigenvalue weighted by atomic mass is 10.1. The van der Waals surface area contributed by atoms with Gasteiger partial charge in [0.1, 0.15) is 0 Å². The minimum Gasteiger partial charge on any atom is -0.335 e. The molecule has 1 atom stereocenters. The topological polar surface area (TPSA) is 32.3 Å². The van der Waals surface area contributed by atoms with Gasteiger partial charge in [0.05, 0.1) is 0 Å². The lowest BCUT2D eigenvalue weighted by Crippen LogP contribution is -2.39. The normalized spacial score (nSPS) is 19.3. The van der Waals surface area contributed by atoms with E-state index < -0.39 is 0 Å². The first-order valence-corrected chi connectivity index (χ1v) is 6.90.